The Hall–Kier alpha value is -0.340. The third kappa shape index (κ3) is 2.26. The van der Waals surface area contributed by atoms with Crippen LogP contribution in [0, 0.1) is 12.8 Å². The van der Waals surface area contributed by atoms with E-state index in [1.807, 2.05) is 0 Å². The summed E-state index contributed by atoms with van der Waals surface area (Å²) in [4.78, 5) is 1.21. The fourth-order valence-electron chi connectivity index (χ4n) is 2.57. The highest BCUT2D eigenvalue weighted by Gasteiger charge is 2.33. The highest BCUT2D eigenvalue weighted by atomic mass is 32.1. The number of rotatable bonds is 1. The average molecular weight is 224 g/mol. The first-order valence-electron chi connectivity index (χ1n) is 5.89. The molecule has 2 rings (SSSR count). The molecule has 1 nitrogen and oxygen atoms in total. The fraction of sp³-hybridized carbons (Fsp3) is 0.692. The van der Waals surface area contributed by atoms with Crippen molar-refractivity contribution in [3.05, 3.63) is 21.9 Å². The van der Waals surface area contributed by atoms with Gasteiger partial charge in [0.15, 0.2) is 0 Å². The highest BCUT2D eigenvalue weighted by Crippen LogP contribution is 2.41. The summed E-state index contributed by atoms with van der Waals surface area (Å²) in [6.45, 7) is 4.41. The van der Waals surface area contributed by atoms with Crippen LogP contribution in [0.2, 0.25) is 0 Å². The summed E-state index contributed by atoms with van der Waals surface area (Å²) >= 11 is 1.72. The van der Waals surface area contributed by atoms with Gasteiger partial charge in [0.2, 0.25) is 0 Å². The van der Waals surface area contributed by atoms with E-state index in [0.717, 1.165) is 31.6 Å². The highest BCUT2D eigenvalue weighted by molar-refractivity contribution is 7.10. The van der Waals surface area contributed by atoms with E-state index in [4.69, 9.17) is 0 Å². The maximum atomic E-state index is 10.7. The first kappa shape index (κ1) is 11.2. The molecule has 0 amide bonds. The summed E-state index contributed by atoms with van der Waals surface area (Å²) in [5.41, 5.74) is 0.736. The minimum Gasteiger partial charge on any atom is -0.384 e. The first-order valence-corrected chi connectivity index (χ1v) is 6.77. The predicted octanol–water partition coefficient (Wildman–Crippen LogP) is 3.84. The van der Waals surface area contributed by atoms with E-state index in [0.29, 0.717) is 0 Å². The number of aryl methyl sites for hydroxylation is 1. The number of hydrogen-bond donors (Lipinski definition) is 1. The van der Waals surface area contributed by atoms with Crippen LogP contribution in [-0.2, 0) is 5.60 Å². The second-order valence-electron chi connectivity index (χ2n) is 5.00. The molecular weight excluding hydrogens is 204 g/mol. The smallest absolute Gasteiger partial charge is 0.0990 e. The van der Waals surface area contributed by atoms with Gasteiger partial charge < -0.3 is 5.11 Å². The topological polar surface area (TPSA) is 20.2 Å². The molecule has 15 heavy (non-hydrogen) atoms. The zero-order chi connectivity index (χ0) is 10.9. The van der Waals surface area contributed by atoms with Crippen LogP contribution in [-0.4, -0.2) is 5.11 Å². The van der Waals surface area contributed by atoms with Gasteiger partial charge in [0, 0.05) is 4.88 Å². The molecule has 0 bridgehead atoms. The van der Waals surface area contributed by atoms with E-state index < -0.39 is 5.60 Å². The molecule has 0 aliphatic heterocycles. The second kappa shape index (κ2) is 4.26. The van der Waals surface area contributed by atoms with E-state index in [9.17, 15) is 5.11 Å². The van der Waals surface area contributed by atoms with Crippen LogP contribution in [0.4, 0.5) is 0 Å². The van der Waals surface area contributed by atoms with Crippen LogP contribution in [0.1, 0.15) is 49.5 Å². The lowest BCUT2D eigenvalue weighted by Crippen LogP contribution is -2.24. The normalized spacial score (nSPS) is 32.6. The lowest BCUT2D eigenvalue weighted by atomic mass is 9.90. The van der Waals surface area contributed by atoms with Crippen molar-refractivity contribution < 1.29 is 5.11 Å². The zero-order valence-corrected chi connectivity index (χ0v) is 10.4. The van der Waals surface area contributed by atoms with Gasteiger partial charge in [-0.15, -0.1) is 11.3 Å². The number of thiophene rings is 1. The summed E-state index contributed by atoms with van der Waals surface area (Å²) in [5, 5.41) is 12.8. The van der Waals surface area contributed by atoms with Gasteiger partial charge in [-0.25, -0.2) is 0 Å². The van der Waals surface area contributed by atoms with Crippen molar-refractivity contribution in [2.24, 2.45) is 5.92 Å². The molecule has 1 saturated carbocycles. The standard InChI is InChI=1S/C13H20OS/c1-10-4-3-7-13(14,8-5-10)12-11(2)6-9-15-12/h6,9-10,14H,3-5,7-8H2,1-2H3. The van der Waals surface area contributed by atoms with E-state index in [1.54, 1.807) is 11.3 Å². The monoisotopic (exact) mass is 224 g/mol. The minimum absolute atomic E-state index is 0.525. The molecule has 0 aromatic carbocycles. The molecule has 1 fully saturated rings. The van der Waals surface area contributed by atoms with Crippen LogP contribution >= 0.6 is 11.3 Å². The molecular formula is C13H20OS. The lowest BCUT2D eigenvalue weighted by Gasteiger charge is -2.26. The molecule has 0 spiro atoms. The van der Waals surface area contributed by atoms with Gasteiger partial charge in [-0.05, 0) is 55.5 Å². The van der Waals surface area contributed by atoms with Crippen molar-refractivity contribution in [3.63, 3.8) is 0 Å². The second-order valence-corrected chi connectivity index (χ2v) is 5.92. The van der Waals surface area contributed by atoms with Crippen molar-refractivity contribution in [2.45, 2.75) is 51.6 Å². The molecule has 1 aliphatic carbocycles. The predicted molar refractivity (Wildman–Crippen MR) is 65.2 cm³/mol. The summed E-state index contributed by atoms with van der Waals surface area (Å²) in [5.74, 6) is 0.777. The van der Waals surface area contributed by atoms with Gasteiger partial charge in [-0.3, -0.25) is 0 Å². The molecule has 0 saturated heterocycles. The van der Waals surface area contributed by atoms with Crippen LogP contribution in [0.15, 0.2) is 11.4 Å². The van der Waals surface area contributed by atoms with Gasteiger partial charge in [-0.1, -0.05) is 13.3 Å². The largest absolute Gasteiger partial charge is 0.384 e. The quantitative estimate of drug-likeness (QED) is 0.718. The van der Waals surface area contributed by atoms with Crippen LogP contribution in [0.25, 0.3) is 0 Å². The van der Waals surface area contributed by atoms with E-state index in [-0.39, 0.29) is 0 Å². The summed E-state index contributed by atoms with van der Waals surface area (Å²) in [6, 6.07) is 2.12. The average Bonchev–Trinajstić information content (AvgIpc) is 2.55. The van der Waals surface area contributed by atoms with Crippen molar-refractivity contribution in [1.82, 2.24) is 0 Å². The lowest BCUT2D eigenvalue weighted by molar-refractivity contribution is 0.0229. The Bertz CT molecular complexity index is 331. The van der Waals surface area contributed by atoms with E-state index >= 15 is 0 Å². The van der Waals surface area contributed by atoms with Crippen LogP contribution in [0.3, 0.4) is 0 Å². The van der Waals surface area contributed by atoms with Crippen LogP contribution in [0.5, 0.6) is 0 Å². The maximum absolute atomic E-state index is 10.7. The van der Waals surface area contributed by atoms with Crippen molar-refractivity contribution in [3.8, 4) is 0 Å². The third-order valence-corrected chi connectivity index (χ3v) is 4.83. The molecule has 1 aromatic heterocycles. The SMILES string of the molecule is Cc1ccsc1C1(O)CCCC(C)CC1. The van der Waals surface area contributed by atoms with Crippen molar-refractivity contribution in [1.29, 1.82) is 0 Å². The Morgan fingerprint density at radius 1 is 1.40 bits per heavy atom. The molecule has 2 heteroatoms. The fourth-order valence-corrected chi connectivity index (χ4v) is 3.66. The molecule has 1 aromatic rings. The van der Waals surface area contributed by atoms with Gasteiger partial charge in [0.25, 0.3) is 0 Å². The maximum Gasteiger partial charge on any atom is 0.0990 e. The van der Waals surface area contributed by atoms with Gasteiger partial charge in [-0.2, -0.15) is 0 Å². The van der Waals surface area contributed by atoms with Gasteiger partial charge >= 0.3 is 0 Å². The number of hydrogen-bond acceptors (Lipinski definition) is 2. The molecule has 1 aliphatic rings. The van der Waals surface area contributed by atoms with Gasteiger partial charge in [0.05, 0.1) is 5.60 Å². The molecule has 84 valence electrons. The van der Waals surface area contributed by atoms with Crippen molar-refractivity contribution >= 4 is 11.3 Å². The Morgan fingerprint density at radius 3 is 2.87 bits per heavy atom. The molecule has 2 atom stereocenters. The summed E-state index contributed by atoms with van der Waals surface area (Å²) < 4.78 is 0. The molecule has 0 radical (unpaired) electrons. The number of aliphatic hydroxyl groups is 1. The molecule has 1 heterocycles. The van der Waals surface area contributed by atoms with Gasteiger partial charge in [0.1, 0.15) is 0 Å². The minimum atomic E-state index is -0.525. The van der Waals surface area contributed by atoms with E-state index in [2.05, 4.69) is 25.3 Å². The summed E-state index contributed by atoms with van der Waals surface area (Å²) in [7, 11) is 0. The Morgan fingerprint density at radius 2 is 2.20 bits per heavy atom. The first-order chi connectivity index (χ1) is 7.12. The Labute approximate surface area is 96.1 Å². The molecule has 1 N–H and O–H groups in total. The van der Waals surface area contributed by atoms with Crippen molar-refractivity contribution in [2.75, 3.05) is 0 Å². The summed E-state index contributed by atoms with van der Waals surface area (Å²) in [6.07, 6.45) is 5.48. The van der Waals surface area contributed by atoms with E-state index in [1.165, 1.54) is 16.9 Å². The Kier molecular flexibility index (Phi) is 3.17. The molecule has 2 unspecified atom stereocenters. The van der Waals surface area contributed by atoms with Crippen LogP contribution < -0.4 is 0 Å². The third-order valence-electron chi connectivity index (χ3n) is 3.62. The zero-order valence-electron chi connectivity index (χ0n) is 9.62. The Balaban J connectivity index is 2.22.